The van der Waals surface area contributed by atoms with Gasteiger partial charge in [-0.25, -0.2) is 9.13 Å². The maximum absolute atomic E-state index is 13.1. The number of rotatable bonds is 78. The van der Waals surface area contributed by atoms with E-state index in [1.54, 1.807) is 0 Å². The monoisotopic (exact) mass is 1440 g/mol. The fraction of sp³-hybridized carbons (Fsp3) is 0.949. The Hall–Kier alpha value is -1.94. The molecule has 0 radical (unpaired) electrons. The molecule has 0 spiro atoms. The normalized spacial score (nSPS) is 13.9. The average Bonchev–Trinajstić information content (AvgIpc) is 1.09. The van der Waals surface area contributed by atoms with Gasteiger partial charge in [-0.05, 0) is 37.5 Å². The van der Waals surface area contributed by atoms with Crippen LogP contribution in [-0.4, -0.2) is 96.7 Å². The fourth-order valence-corrected chi connectivity index (χ4v) is 13.8. The number of aliphatic hydroxyl groups excluding tert-OH is 1. The molecule has 0 amide bonds. The standard InChI is InChI=1S/C79H154O17P2/c1-7-9-11-13-15-17-19-24-31-37-43-49-55-61-76(81)89-67-74(95-78(83)63-57-51-45-39-32-25-20-18-16-14-12-10-8-2)69-93-97(85,86)91-65-73(80)66-92-98(87,88)94-70-75(68-90-77(82)62-56-50-44-38-34-28-30-36-42-48-54-60-72(5)6)96-79(84)64-58-52-46-40-33-27-23-21-22-26-29-35-41-47-53-59-71(3)4/h71-75,80H,7-70H2,1-6H3,(H,85,86)(H,87,88)/t73-,74+,75+/m0/s1. The summed E-state index contributed by atoms with van der Waals surface area (Å²) >= 11 is 0. The van der Waals surface area contributed by atoms with Crippen LogP contribution < -0.4 is 0 Å². The lowest BCUT2D eigenvalue weighted by molar-refractivity contribution is -0.161. The third-order valence-electron chi connectivity index (χ3n) is 18.5. The summed E-state index contributed by atoms with van der Waals surface area (Å²) in [5, 5.41) is 10.6. The first-order valence-electron chi connectivity index (χ1n) is 41.0. The molecule has 0 fully saturated rings. The zero-order valence-corrected chi connectivity index (χ0v) is 65.9. The number of unbranched alkanes of at least 4 members (excludes halogenated alkanes) is 48. The van der Waals surface area contributed by atoms with Crippen molar-refractivity contribution in [1.82, 2.24) is 0 Å². The summed E-state index contributed by atoms with van der Waals surface area (Å²) in [4.78, 5) is 73.0. The van der Waals surface area contributed by atoms with Crippen molar-refractivity contribution in [2.75, 3.05) is 39.6 Å². The smallest absolute Gasteiger partial charge is 0.462 e. The lowest BCUT2D eigenvalue weighted by Gasteiger charge is -2.21. The molecule has 582 valence electrons. The van der Waals surface area contributed by atoms with E-state index in [4.69, 9.17) is 37.0 Å². The van der Waals surface area contributed by atoms with Crippen LogP contribution in [0.1, 0.15) is 414 Å². The van der Waals surface area contributed by atoms with Crippen molar-refractivity contribution >= 4 is 39.5 Å². The van der Waals surface area contributed by atoms with E-state index in [9.17, 15) is 43.2 Å². The molecule has 0 rings (SSSR count). The number of hydrogen-bond acceptors (Lipinski definition) is 15. The van der Waals surface area contributed by atoms with Crippen LogP contribution in [0.15, 0.2) is 0 Å². The van der Waals surface area contributed by atoms with E-state index < -0.39 is 97.5 Å². The number of phosphoric acid groups is 2. The number of carbonyl (C=O) groups excluding carboxylic acids is 4. The second-order valence-electron chi connectivity index (χ2n) is 29.4. The quantitative estimate of drug-likeness (QED) is 0.0222. The molecule has 0 bridgehead atoms. The second-order valence-corrected chi connectivity index (χ2v) is 32.3. The summed E-state index contributed by atoms with van der Waals surface area (Å²) in [6.07, 6.45) is 59.4. The number of esters is 4. The van der Waals surface area contributed by atoms with Gasteiger partial charge in [0.1, 0.15) is 19.3 Å². The summed E-state index contributed by atoms with van der Waals surface area (Å²) in [7, 11) is -9.92. The van der Waals surface area contributed by atoms with E-state index >= 15 is 0 Å². The van der Waals surface area contributed by atoms with Crippen LogP contribution in [0.4, 0.5) is 0 Å². The third kappa shape index (κ3) is 72.4. The van der Waals surface area contributed by atoms with Gasteiger partial charge < -0.3 is 33.8 Å². The first-order chi connectivity index (χ1) is 47.4. The molecule has 0 aromatic rings. The van der Waals surface area contributed by atoms with E-state index in [1.165, 1.54) is 231 Å². The van der Waals surface area contributed by atoms with Crippen molar-refractivity contribution in [2.45, 2.75) is 432 Å². The SMILES string of the molecule is CCCCCCCCCCCCCCCC(=O)OC[C@H](COP(=O)(O)OC[C@H](O)COP(=O)(O)OC[C@@H](COC(=O)CCCCCCCCCCCCCC(C)C)OC(=O)CCCCCCCCCCCCCCCCCC(C)C)OC(=O)CCCCCCCCCCCCCCC. The topological polar surface area (TPSA) is 237 Å². The highest BCUT2D eigenvalue weighted by molar-refractivity contribution is 7.47. The molecular formula is C79H154O17P2. The van der Waals surface area contributed by atoms with Crippen LogP contribution in [0.3, 0.4) is 0 Å². The minimum absolute atomic E-state index is 0.108. The van der Waals surface area contributed by atoms with Gasteiger partial charge in [0.15, 0.2) is 12.2 Å². The minimum atomic E-state index is -4.96. The van der Waals surface area contributed by atoms with E-state index in [-0.39, 0.29) is 25.7 Å². The third-order valence-corrected chi connectivity index (χ3v) is 20.4. The number of aliphatic hydroxyl groups is 1. The van der Waals surface area contributed by atoms with Crippen LogP contribution in [0.25, 0.3) is 0 Å². The Morgan fingerprint density at radius 1 is 0.276 bits per heavy atom. The van der Waals surface area contributed by atoms with Crippen molar-refractivity contribution in [2.24, 2.45) is 11.8 Å². The Bertz CT molecular complexity index is 1890. The van der Waals surface area contributed by atoms with Crippen LogP contribution in [0, 0.1) is 11.8 Å². The molecule has 0 aliphatic heterocycles. The molecule has 5 atom stereocenters. The van der Waals surface area contributed by atoms with E-state index in [0.29, 0.717) is 25.7 Å². The highest BCUT2D eigenvalue weighted by Gasteiger charge is 2.30. The first kappa shape index (κ1) is 96.1. The molecule has 98 heavy (non-hydrogen) atoms. The molecule has 19 heteroatoms. The number of carbonyl (C=O) groups is 4. The second kappa shape index (κ2) is 70.7. The fourth-order valence-electron chi connectivity index (χ4n) is 12.2. The number of phosphoric ester groups is 2. The van der Waals surface area contributed by atoms with Gasteiger partial charge in [-0.1, -0.05) is 363 Å². The average molecular weight is 1440 g/mol. The number of ether oxygens (including phenoxy) is 4. The zero-order chi connectivity index (χ0) is 72.1. The predicted molar refractivity (Wildman–Crippen MR) is 400 cm³/mol. The summed E-state index contributed by atoms with van der Waals surface area (Å²) in [5.74, 6) is -0.534. The molecule has 0 aliphatic rings. The van der Waals surface area contributed by atoms with E-state index in [2.05, 4.69) is 41.5 Å². The van der Waals surface area contributed by atoms with Crippen molar-refractivity contribution in [3.63, 3.8) is 0 Å². The zero-order valence-electron chi connectivity index (χ0n) is 64.1. The van der Waals surface area contributed by atoms with Gasteiger partial charge in [0.2, 0.25) is 0 Å². The van der Waals surface area contributed by atoms with E-state index in [1.807, 2.05) is 0 Å². The van der Waals surface area contributed by atoms with Crippen LogP contribution in [-0.2, 0) is 65.4 Å². The highest BCUT2D eigenvalue weighted by atomic mass is 31.2. The highest BCUT2D eigenvalue weighted by Crippen LogP contribution is 2.45. The van der Waals surface area contributed by atoms with Crippen molar-refractivity contribution in [3.8, 4) is 0 Å². The van der Waals surface area contributed by atoms with Crippen molar-refractivity contribution in [3.05, 3.63) is 0 Å². The molecule has 0 aromatic heterocycles. The molecule has 0 heterocycles. The predicted octanol–water partition coefficient (Wildman–Crippen LogP) is 23.5. The summed E-state index contributed by atoms with van der Waals surface area (Å²) < 4.78 is 68.7. The van der Waals surface area contributed by atoms with Crippen LogP contribution >= 0.6 is 15.6 Å². The molecular weight excluding hydrogens is 1280 g/mol. The van der Waals surface area contributed by atoms with Crippen molar-refractivity contribution in [1.29, 1.82) is 0 Å². The Kier molecular flexibility index (Phi) is 69.3. The van der Waals surface area contributed by atoms with Gasteiger partial charge in [-0.3, -0.25) is 37.3 Å². The molecule has 0 aromatic carbocycles. The minimum Gasteiger partial charge on any atom is -0.462 e. The van der Waals surface area contributed by atoms with Gasteiger partial charge in [-0.15, -0.1) is 0 Å². The van der Waals surface area contributed by atoms with E-state index in [0.717, 1.165) is 102 Å². The maximum Gasteiger partial charge on any atom is 0.472 e. The van der Waals surface area contributed by atoms with Gasteiger partial charge in [0.25, 0.3) is 0 Å². The Morgan fingerprint density at radius 3 is 0.694 bits per heavy atom. The molecule has 0 saturated heterocycles. The molecule has 17 nitrogen and oxygen atoms in total. The summed E-state index contributed by atoms with van der Waals surface area (Å²) in [6, 6.07) is 0. The Labute approximate surface area is 600 Å². The lowest BCUT2D eigenvalue weighted by Crippen LogP contribution is -2.30. The Balaban J connectivity index is 5.26. The summed E-state index contributed by atoms with van der Waals surface area (Å²) in [5.41, 5.74) is 0. The van der Waals surface area contributed by atoms with Gasteiger partial charge in [-0.2, -0.15) is 0 Å². The molecule has 0 aliphatic carbocycles. The molecule has 2 unspecified atom stereocenters. The van der Waals surface area contributed by atoms with Gasteiger partial charge in [0.05, 0.1) is 26.4 Å². The summed E-state index contributed by atoms with van der Waals surface area (Å²) in [6.45, 7) is 9.66. The van der Waals surface area contributed by atoms with Gasteiger partial charge in [0, 0.05) is 25.7 Å². The maximum atomic E-state index is 13.1. The lowest BCUT2D eigenvalue weighted by atomic mass is 10.0. The first-order valence-corrected chi connectivity index (χ1v) is 44.0. The number of hydrogen-bond donors (Lipinski definition) is 3. The van der Waals surface area contributed by atoms with Crippen LogP contribution in [0.2, 0.25) is 0 Å². The Morgan fingerprint density at radius 2 is 0.469 bits per heavy atom. The molecule has 3 N–H and O–H groups in total. The largest absolute Gasteiger partial charge is 0.472 e. The van der Waals surface area contributed by atoms with Gasteiger partial charge >= 0.3 is 39.5 Å². The van der Waals surface area contributed by atoms with Crippen LogP contribution in [0.5, 0.6) is 0 Å². The molecule has 0 saturated carbocycles. The van der Waals surface area contributed by atoms with Crippen molar-refractivity contribution < 1.29 is 80.2 Å².